The molecular weight excluding hydrogens is 378 g/mol. The number of pyridine rings is 1. The number of fused-ring (bicyclic) bond motifs is 2. The van der Waals surface area contributed by atoms with E-state index in [-0.39, 0.29) is 5.91 Å². The van der Waals surface area contributed by atoms with Crippen molar-refractivity contribution in [3.63, 3.8) is 0 Å². The molecule has 0 radical (unpaired) electrons. The molecule has 1 aromatic carbocycles. The minimum absolute atomic E-state index is 0.0589. The summed E-state index contributed by atoms with van der Waals surface area (Å²) in [5.74, 6) is 0.862. The molecule has 7 nitrogen and oxygen atoms in total. The lowest BCUT2D eigenvalue weighted by molar-refractivity contribution is -0.121. The molecular formula is C23H27N5O2. The number of rotatable bonds is 8. The van der Waals surface area contributed by atoms with Gasteiger partial charge in [-0.05, 0) is 50.5 Å². The summed E-state index contributed by atoms with van der Waals surface area (Å²) in [5, 5.41) is 5.12. The van der Waals surface area contributed by atoms with Crippen LogP contribution >= 0.6 is 0 Å². The molecule has 0 saturated carbocycles. The van der Waals surface area contributed by atoms with E-state index in [1.807, 2.05) is 44.4 Å². The number of H-pyrrole nitrogens is 1. The summed E-state index contributed by atoms with van der Waals surface area (Å²) < 4.78 is 7.58. The van der Waals surface area contributed by atoms with E-state index in [0.717, 1.165) is 45.5 Å². The maximum atomic E-state index is 12.3. The van der Waals surface area contributed by atoms with Gasteiger partial charge in [0.05, 0.1) is 7.11 Å². The van der Waals surface area contributed by atoms with Crippen LogP contribution in [-0.4, -0.2) is 59.6 Å². The number of ether oxygens (including phenoxy) is 1. The van der Waals surface area contributed by atoms with Crippen molar-refractivity contribution in [1.29, 1.82) is 0 Å². The van der Waals surface area contributed by atoms with Crippen LogP contribution in [0.3, 0.4) is 0 Å². The first kappa shape index (κ1) is 20.0. The van der Waals surface area contributed by atoms with Crippen LogP contribution in [0.25, 0.3) is 33.2 Å². The van der Waals surface area contributed by atoms with Crippen LogP contribution in [-0.2, 0) is 11.3 Å². The van der Waals surface area contributed by atoms with Crippen molar-refractivity contribution in [1.82, 2.24) is 24.8 Å². The summed E-state index contributed by atoms with van der Waals surface area (Å²) in [6.45, 7) is 2.09. The number of carbonyl (C=O) groups excluding carboxylic acids is 1. The van der Waals surface area contributed by atoms with E-state index in [0.29, 0.717) is 19.5 Å². The molecule has 3 aromatic heterocycles. The van der Waals surface area contributed by atoms with Crippen LogP contribution in [0.2, 0.25) is 0 Å². The number of hydrogen-bond donors (Lipinski definition) is 2. The van der Waals surface area contributed by atoms with Crippen LogP contribution in [0.5, 0.6) is 5.75 Å². The predicted molar refractivity (Wildman–Crippen MR) is 120 cm³/mol. The van der Waals surface area contributed by atoms with Crippen molar-refractivity contribution in [2.75, 3.05) is 34.3 Å². The molecule has 0 bridgehead atoms. The standard InChI is InChI=1S/C23H27N5O2/c1-27(2)12-10-24-22(29)8-11-28-15-19(18-14-17(30-3)6-7-21(18)28)20-13-16-5-4-9-25-23(16)26-20/h4-7,9,13-15H,8,10-12H2,1-3H3,(H,24,29)(H,25,26). The Bertz CT molecular complexity index is 1140. The summed E-state index contributed by atoms with van der Waals surface area (Å²) >= 11 is 0. The van der Waals surface area contributed by atoms with Crippen LogP contribution < -0.4 is 10.1 Å². The van der Waals surface area contributed by atoms with Gasteiger partial charge in [-0.1, -0.05) is 0 Å². The van der Waals surface area contributed by atoms with Crippen molar-refractivity contribution in [3.8, 4) is 17.0 Å². The smallest absolute Gasteiger partial charge is 0.221 e. The molecule has 1 amide bonds. The van der Waals surface area contributed by atoms with Gasteiger partial charge in [-0.25, -0.2) is 4.98 Å². The van der Waals surface area contributed by atoms with Gasteiger partial charge in [0.1, 0.15) is 11.4 Å². The lowest BCUT2D eigenvalue weighted by Crippen LogP contribution is -2.31. The number of nitrogens with zero attached hydrogens (tertiary/aromatic N) is 3. The minimum atomic E-state index is 0.0589. The van der Waals surface area contributed by atoms with Gasteiger partial charge in [-0.3, -0.25) is 4.79 Å². The molecule has 0 aliphatic carbocycles. The average molecular weight is 406 g/mol. The predicted octanol–water partition coefficient (Wildman–Crippen LogP) is 3.26. The topological polar surface area (TPSA) is 75.2 Å². The van der Waals surface area contributed by atoms with Crippen LogP contribution in [0.4, 0.5) is 0 Å². The Morgan fingerprint density at radius 2 is 2.13 bits per heavy atom. The number of aromatic nitrogens is 3. The number of amides is 1. The number of aryl methyl sites for hydroxylation is 1. The fraction of sp³-hybridized carbons (Fsp3) is 0.304. The quantitative estimate of drug-likeness (QED) is 0.472. The maximum absolute atomic E-state index is 12.3. The van der Waals surface area contributed by atoms with E-state index >= 15 is 0 Å². The molecule has 0 aliphatic rings. The lowest BCUT2D eigenvalue weighted by Gasteiger charge is -2.11. The highest BCUT2D eigenvalue weighted by Crippen LogP contribution is 2.34. The number of benzene rings is 1. The Hall–Kier alpha value is -3.32. The van der Waals surface area contributed by atoms with Crippen molar-refractivity contribution in [2.24, 2.45) is 0 Å². The summed E-state index contributed by atoms with van der Waals surface area (Å²) in [6, 6.07) is 12.1. The van der Waals surface area contributed by atoms with Gasteiger partial charge in [0.25, 0.3) is 0 Å². The normalized spacial score (nSPS) is 11.5. The zero-order valence-corrected chi connectivity index (χ0v) is 17.6. The molecule has 4 rings (SSSR count). The van der Waals surface area contributed by atoms with Crippen molar-refractivity contribution < 1.29 is 9.53 Å². The molecule has 4 aromatic rings. The van der Waals surface area contributed by atoms with Crippen LogP contribution in [0, 0.1) is 0 Å². The van der Waals surface area contributed by atoms with Crippen molar-refractivity contribution in [2.45, 2.75) is 13.0 Å². The molecule has 3 heterocycles. The number of carbonyl (C=O) groups is 1. The molecule has 0 saturated heterocycles. The van der Waals surface area contributed by atoms with Gasteiger partial charge < -0.3 is 24.5 Å². The highest BCUT2D eigenvalue weighted by Gasteiger charge is 2.14. The summed E-state index contributed by atoms with van der Waals surface area (Å²) in [7, 11) is 5.66. The molecule has 0 unspecified atom stereocenters. The molecule has 0 atom stereocenters. The molecule has 30 heavy (non-hydrogen) atoms. The molecule has 0 aliphatic heterocycles. The van der Waals surface area contributed by atoms with Crippen molar-refractivity contribution >= 4 is 27.8 Å². The lowest BCUT2D eigenvalue weighted by atomic mass is 10.1. The Kier molecular flexibility index (Phi) is 5.72. The third-order valence-electron chi connectivity index (χ3n) is 5.23. The third kappa shape index (κ3) is 4.16. The molecule has 156 valence electrons. The number of likely N-dealkylation sites (N-methyl/N-ethyl adjacent to an activating group) is 1. The molecule has 0 spiro atoms. The van der Waals surface area contributed by atoms with Gasteiger partial charge in [-0.2, -0.15) is 0 Å². The summed E-state index contributed by atoms with van der Waals surface area (Å²) in [5.41, 5.74) is 3.99. The largest absolute Gasteiger partial charge is 0.497 e. The second-order valence-electron chi connectivity index (χ2n) is 7.65. The monoisotopic (exact) mass is 405 g/mol. The van der Waals surface area contributed by atoms with Gasteiger partial charge in [0, 0.05) is 66.0 Å². The zero-order chi connectivity index (χ0) is 21.1. The van der Waals surface area contributed by atoms with E-state index in [9.17, 15) is 4.79 Å². The van der Waals surface area contributed by atoms with Crippen molar-refractivity contribution in [3.05, 3.63) is 48.8 Å². The molecule has 2 N–H and O–H groups in total. The molecule has 0 fully saturated rings. The third-order valence-corrected chi connectivity index (χ3v) is 5.23. The van der Waals surface area contributed by atoms with E-state index in [2.05, 4.69) is 37.0 Å². The molecule has 7 heteroatoms. The number of methoxy groups -OCH3 is 1. The van der Waals surface area contributed by atoms with Gasteiger partial charge >= 0.3 is 0 Å². The van der Waals surface area contributed by atoms with Crippen LogP contribution in [0.15, 0.2) is 48.8 Å². The van der Waals surface area contributed by atoms with Gasteiger partial charge in [0.15, 0.2) is 0 Å². The SMILES string of the molecule is COc1ccc2c(c1)c(-c1cc3cccnc3[nH]1)cn2CCC(=O)NCCN(C)C. The zero-order valence-electron chi connectivity index (χ0n) is 17.6. The Balaban J connectivity index is 1.63. The van der Waals surface area contributed by atoms with E-state index < -0.39 is 0 Å². The second kappa shape index (κ2) is 8.59. The minimum Gasteiger partial charge on any atom is -0.497 e. The number of aromatic amines is 1. The summed E-state index contributed by atoms with van der Waals surface area (Å²) in [6.07, 6.45) is 4.31. The Morgan fingerprint density at radius 1 is 1.27 bits per heavy atom. The van der Waals surface area contributed by atoms with Gasteiger partial charge in [0.2, 0.25) is 5.91 Å². The Morgan fingerprint density at radius 3 is 2.90 bits per heavy atom. The van der Waals surface area contributed by atoms with E-state index in [4.69, 9.17) is 4.74 Å². The highest BCUT2D eigenvalue weighted by atomic mass is 16.5. The van der Waals surface area contributed by atoms with E-state index in [1.54, 1.807) is 13.3 Å². The highest BCUT2D eigenvalue weighted by molar-refractivity contribution is 5.98. The average Bonchev–Trinajstić information content (AvgIpc) is 3.32. The van der Waals surface area contributed by atoms with Gasteiger partial charge in [-0.15, -0.1) is 0 Å². The fourth-order valence-corrected chi connectivity index (χ4v) is 3.64. The van der Waals surface area contributed by atoms with E-state index in [1.165, 1.54) is 0 Å². The summed E-state index contributed by atoms with van der Waals surface area (Å²) in [4.78, 5) is 22.1. The van der Waals surface area contributed by atoms with Crippen LogP contribution in [0.1, 0.15) is 6.42 Å². The number of hydrogen-bond acceptors (Lipinski definition) is 4. The fourth-order valence-electron chi connectivity index (χ4n) is 3.64. The Labute approximate surface area is 175 Å². The first-order valence-electron chi connectivity index (χ1n) is 10.1. The first-order chi connectivity index (χ1) is 14.5. The second-order valence-corrected chi connectivity index (χ2v) is 7.65. The maximum Gasteiger partial charge on any atom is 0.221 e. The number of nitrogens with one attached hydrogen (secondary N) is 2. The first-order valence-corrected chi connectivity index (χ1v) is 10.1.